The number of hydrogen-bond donors (Lipinski definition) is 1. The average molecular weight is 219 g/mol. The first-order valence-corrected chi connectivity index (χ1v) is 6.40. The zero-order chi connectivity index (χ0) is 12.0. The molecule has 0 fully saturated rings. The summed E-state index contributed by atoms with van der Waals surface area (Å²) < 4.78 is 0. The third kappa shape index (κ3) is 4.80. The summed E-state index contributed by atoms with van der Waals surface area (Å²) in [5, 5.41) is 3.63. The van der Waals surface area contributed by atoms with E-state index in [1.54, 1.807) is 0 Å². The molecule has 1 aromatic rings. The molecule has 0 aliphatic rings. The summed E-state index contributed by atoms with van der Waals surface area (Å²) in [6, 6.07) is 9.50. The maximum atomic E-state index is 3.63. The molecular formula is C15H25N. The largest absolute Gasteiger partial charge is 0.313 e. The maximum absolute atomic E-state index is 3.63. The van der Waals surface area contributed by atoms with E-state index in [1.807, 2.05) is 0 Å². The molecule has 0 heterocycles. The molecule has 0 aliphatic heterocycles. The normalized spacial score (nSPS) is 13.1. The van der Waals surface area contributed by atoms with E-state index >= 15 is 0 Å². The predicted octanol–water partition coefficient (Wildman–Crippen LogP) is 3.56. The summed E-state index contributed by atoms with van der Waals surface area (Å²) in [4.78, 5) is 0. The molecule has 0 aromatic heterocycles. The second-order valence-electron chi connectivity index (χ2n) is 5.10. The molecule has 0 saturated heterocycles. The fourth-order valence-corrected chi connectivity index (χ4v) is 1.77. The summed E-state index contributed by atoms with van der Waals surface area (Å²) in [6.07, 6.45) is 2.34. The summed E-state index contributed by atoms with van der Waals surface area (Å²) in [5.41, 5.74) is 2.78. The molecule has 0 radical (unpaired) electrons. The van der Waals surface area contributed by atoms with Gasteiger partial charge in [-0.05, 0) is 37.8 Å². The van der Waals surface area contributed by atoms with Gasteiger partial charge in [0.2, 0.25) is 0 Å². The van der Waals surface area contributed by atoms with Crippen LogP contribution in [0.5, 0.6) is 0 Å². The van der Waals surface area contributed by atoms with E-state index in [1.165, 1.54) is 17.5 Å². The standard InChI is InChI=1S/C15H25N/c1-5-15(16-11-12(2)3)10-14-8-6-13(4)7-9-14/h6-9,12,15-16H,5,10-11H2,1-4H3. The van der Waals surface area contributed by atoms with Crippen LogP contribution in [0.15, 0.2) is 24.3 Å². The van der Waals surface area contributed by atoms with E-state index in [9.17, 15) is 0 Å². The van der Waals surface area contributed by atoms with Gasteiger partial charge in [-0.1, -0.05) is 50.6 Å². The van der Waals surface area contributed by atoms with Gasteiger partial charge in [-0.2, -0.15) is 0 Å². The van der Waals surface area contributed by atoms with Gasteiger partial charge in [0.1, 0.15) is 0 Å². The van der Waals surface area contributed by atoms with Crippen LogP contribution in [0, 0.1) is 12.8 Å². The minimum Gasteiger partial charge on any atom is -0.313 e. The number of rotatable bonds is 6. The Balaban J connectivity index is 2.46. The van der Waals surface area contributed by atoms with Crippen molar-refractivity contribution in [2.75, 3.05) is 6.54 Å². The highest BCUT2D eigenvalue weighted by Crippen LogP contribution is 2.08. The third-order valence-corrected chi connectivity index (χ3v) is 2.91. The minimum atomic E-state index is 0.616. The van der Waals surface area contributed by atoms with Gasteiger partial charge in [-0.15, -0.1) is 0 Å². The van der Waals surface area contributed by atoms with Crippen molar-refractivity contribution in [3.05, 3.63) is 35.4 Å². The van der Waals surface area contributed by atoms with Crippen LogP contribution in [0.1, 0.15) is 38.3 Å². The smallest absolute Gasteiger partial charge is 0.0105 e. The number of aryl methyl sites for hydroxylation is 1. The van der Waals surface area contributed by atoms with Crippen molar-refractivity contribution in [2.24, 2.45) is 5.92 Å². The van der Waals surface area contributed by atoms with Crippen molar-refractivity contribution < 1.29 is 0 Å². The van der Waals surface area contributed by atoms with Gasteiger partial charge in [0.15, 0.2) is 0 Å². The lowest BCUT2D eigenvalue weighted by Crippen LogP contribution is -2.33. The first-order chi connectivity index (χ1) is 7.61. The van der Waals surface area contributed by atoms with E-state index in [0.29, 0.717) is 6.04 Å². The molecule has 0 bridgehead atoms. The first-order valence-electron chi connectivity index (χ1n) is 6.40. The van der Waals surface area contributed by atoms with E-state index in [-0.39, 0.29) is 0 Å². The molecule has 0 spiro atoms. The Morgan fingerprint density at radius 3 is 2.25 bits per heavy atom. The zero-order valence-electron chi connectivity index (χ0n) is 11.1. The summed E-state index contributed by atoms with van der Waals surface area (Å²) >= 11 is 0. The summed E-state index contributed by atoms with van der Waals surface area (Å²) in [5.74, 6) is 0.729. The van der Waals surface area contributed by atoms with Crippen LogP contribution < -0.4 is 5.32 Å². The second kappa shape index (κ2) is 6.70. The summed E-state index contributed by atoms with van der Waals surface area (Å²) in [6.45, 7) is 10.0. The van der Waals surface area contributed by atoms with Crippen LogP contribution in [-0.2, 0) is 6.42 Å². The molecule has 1 atom stereocenters. The number of hydrogen-bond acceptors (Lipinski definition) is 1. The Morgan fingerprint density at radius 1 is 1.12 bits per heavy atom. The molecule has 1 N–H and O–H groups in total. The van der Waals surface area contributed by atoms with Crippen LogP contribution in [0.3, 0.4) is 0 Å². The molecule has 16 heavy (non-hydrogen) atoms. The Kier molecular flexibility index (Phi) is 5.54. The van der Waals surface area contributed by atoms with Gasteiger partial charge in [0, 0.05) is 6.04 Å². The molecule has 1 heteroatoms. The highest BCUT2D eigenvalue weighted by molar-refractivity contribution is 5.22. The van der Waals surface area contributed by atoms with Crippen LogP contribution in [-0.4, -0.2) is 12.6 Å². The topological polar surface area (TPSA) is 12.0 Å². The Morgan fingerprint density at radius 2 is 1.75 bits per heavy atom. The van der Waals surface area contributed by atoms with Gasteiger partial charge >= 0.3 is 0 Å². The molecule has 90 valence electrons. The predicted molar refractivity (Wildman–Crippen MR) is 71.8 cm³/mol. The van der Waals surface area contributed by atoms with E-state index in [0.717, 1.165) is 18.9 Å². The molecular weight excluding hydrogens is 194 g/mol. The Labute approximate surface area is 100 Å². The van der Waals surface area contributed by atoms with Crippen molar-refractivity contribution in [3.8, 4) is 0 Å². The fourth-order valence-electron chi connectivity index (χ4n) is 1.77. The molecule has 1 nitrogen and oxygen atoms in total. The minimum absolute atomic E-state index is 0.616. The lowest BCUT2D eigenvalue weighted by molar-refractivity contribution is 0.450. The Hall–Kier alpha value is -0.820. The molecule has 1 rings (SSSR count). The first kappa shape index (κ1) is 13.2. The van der Waals surface area contributed by atoms with Crippen molar-refractivity contribution in [1.29, 1.82) is 0 Å². The van der Waals surface area contributed by atoms with Crippen LogP contribution in [0.25, 0.3) is 0 Å². The molecule has 1 aromatic carbocycles. The quantitative estimate of drug-likeness (QED) is 0.771. The van der Waals surface area contributed by atoms with Crippen molar-refractivity contribution in [3.63, 3.8) is 0 Å². The van der Waals surface area contributed by atoms with Crippen molar-refractivity contribution in [1.82, 2.24) is 5.32 Å². The zero-order valence-corrected chi connectivity index (χ0v) is 11.1. The van der Waals surface area contributed by atoms with Crippen LogP contribution in [0.2, 0.25) is 0 Å². The van der Waals surface area contributed by atoms with Gasteiger partial charge in [0.05, 0.1) is 0 Å². The van der Waals surface area contributed by atoms with Crippen molar-refractivity contribution in [2.45, 2.75) is 46.6 Å². The Bertz CT molecular complexity index is 287. The average Bonchev–Trinajstić information content (AvgIpc) is 2.26. The van der Waals surface area contributed by atoms with Gasteiger partial charge in [-0.25, -0.2) is 0 Å². The second-order valence-corrected chi connectivity index (χ2v) is 5.10. The lowest BCUT2D eigenvalue weighted by Gasteiger charge is -2.18. The van der Waals surface area contributed by atoms with E-state index in [4.69, 9.17) is 0 Å². The lowest BCUT2D eigenvalue weighted by atomic mass is 10.0. The van der Waals surface area contributed by atoms with Crippen molar-refractivity contribution >= 4 is 0 Å². The molecule has 1 unspecified atom stereocenters. The number of nitrogens with one attached hydrogen (secondary N) is 1. The van der Waals surface area contributed by atoms with Crippen LogP contribution in [0.4, 0.5) is 0 Å². The van der Waals surface area contributed by atoms with E-state index < -0.39 is 0 Å². The third-order valence-electron chi connectivity index (χ3n) is 2.91. The summed E-state index contributed by atoms with van der Waals surface area (Å²) in [7, 11) is 0. The highest BCUT2D eigenvalue weighted by atomic mass is 14.9. The monoisotopic (exact) mass is 219 g/mol. The van der Waals surface area contributed by atoms with Gasteiger partial charge in [0.25, 0.3) is 0 Å². The number of benzene rings is 1. The van der Waals surface area contributed by atoms with Gasteiger partial charge in [-0.3, -0.25) is 0 Å². The molecule has 0 amide bonds. The van der Waals surface area contributed by atoms with Gasteiger partial charge < -0.3 is 5.32 Å². The highest BCUT2D eigenvalue weighted by Gasteiger charge is 2.07. The SMILES string of the molecule is CCC(Cc1ccc(C)cc1)NCC(C)C. The van der Waals surface area contributed by atoms with E-state index in [2.05, 4.69) is 57.3 Å². The molecule has 0 saturated carbocycles. The molecule has 0 aliphatic carbocycles. The maximum Gasteiger partial charge on any atom is 0.0105 e. The van der Waals surface area contributed by atoms with Crippen LogP contribution >= 0.6 is 0 Å². The fraction of sp³-hybridized carbons (Fsp3) is 0.600.